The van der Waals surface area contributed by atoms with Crippen LogP contribution in [0.15, 0.2) is 53.2 Å². The number of carbonyl (C=O) groups is 2. The Labute approximate surface area is 190 Å². The first-order valence-corrected chi connectivity index (χ1v) is 10.6. The number of halogens is 1. The number of ether oxygens (including phenoxy) is 2. The normalized spacial score (nSPS) is 15.6. The molecule has 1 atom stereocenters. The van der Waals surface area contributed by atoms with Crippen LogP contribution in [0.1, 0.15) is 12.5 Å². The fourth-order valence-corrected chi connectivity index (χ4v) is 4.04. The van der Waals surface area contributed by atoms with Crippen molar-refractivity contribution >= 4 is 52.1 Å². The average molecular weight is 460 g/mol. The summed E-state index contributed by atoms with van der Waals surface area (Å²) in [6, 6.07) is 12.3. The molecule has 0 fully saturated rings. The molecule has 9 heteroatoms. The maximum Gasteiger partial charge on any atom is 0.283 e. The highest BCUT2D eigenvalue weighted by Crippen LogP contribution is 2.35. The van der Waals surface area contributed by atoms with Gasteiger partial charge in [-0.25, -0.2) is 4.99 Å². The number of thioether (sulfide) groups is 1. The summed E-state index contributed by atoms with van der Waals surface area (Å²) >= 11 is 7.34. The van der Waals surface area contributed by atoms with Gasteiger partial charge in [-0.05, 0) is 42.8 Å². The number of hydrogen-bond donors (Lipinski definition) is 1. The van der Waals surface area contributed by atoms with E-state index in [1.807, 2.05) is 12.1 Å². The van der Waals surface area contributed by atoms with E-state index in [-0.39, 0.29) is 17.5 Å². The van der Waals surface area contributed by atoms with E-state index in [0.717, 1.165) is 5.56 Å². The van der Waals surface area contributed by atoms with Gasteiger partial charge >= 0.3 is 0 Å². The molecule has 2 aromatic rings. The molecule has 0 saturated carbocycles. The maximum atomic E-state index is 13.3. The van der Waals surface area contributed by atoms with Crippen molar-refractivity contribution in [3.63, 3.8) is 0 Å². The van der Waals surface area contributed by atoms with Crippen molar-refractivity contribution in [2.24, 2.45) is 4.99 Å². The summed E-state index contributed by atoms with van der Waals surface area (Å²) in [6.45, 7) is 1.75. The lowest BCUT2D eigenvalue weighted by Crippen LogP contribution is -2.34. The van der Waals surface area contributed by atoms with Crippen molar-refractivity contribution in [1.82, 2.24) is 5.32 Å². The molecule has 0 bridgehead atoms. The quantitative estimate of drug-likeness (QED) is 0.661. The minimum atomic E-state index is -0.450. The van der Waals surface area contributed by atoms with Crippen LogP contribution in [0.3, 0.4) is 0 Å². The third kappa shape index (κ3) is 5.03. The molecule has 0 aromatic heterocycles. The lowest BCUT2D eigenvalue weighted by atomic mass is 10.2. The van der Waals surface area contributed by atoms with Crippen molar-refractivity contribution in [2.75, 3.05) is 26.2 Å². The highest BCUT2D eigenvalue weighted by atomic mass is 35.5. The van der Waals surface area contributed by atoms with E-state index in [1.54, 1.807) is 57.5 Å². The number of amides is 2. The minimum absolute atomic E-state index is 0.165. The second kappa shape index (κ2) is 9.89. The second-order valence-corrected chi connectivity index (χ2v) is 8.25. The zero-order valence-corrected chi connectivity index (χ0v) is 19.1. The number of carbonyl (C=O) groups excluding carboxylic acids is 2. The molecule has 1 aliphatic rings. The first-order chi connectivity index (χ1) is 14.9. The molecule has 2 aromatic carbocycles. The van der Waals surface area contributed by atoms with Gasteiger partial charge in [-0.2, -0.15) is 0 Å². The van der Waals surface area contributed by atoms with Crippen LogP contribution in [0.25, 0.3) is 6.08 Å². The molecule has 0 radical (unpaired) electrons. The van der Waals surface area contributed by atoms with Crippen molar-refractivity contribution in [2.45, 2.75) is 12.2 Å². The van der Waals surface area contributed by atoms with Crippen LogP contribution < -0.4 is 19.7 Å². The number of nitrogens with one attached hydrogen (secondary N) is 1. The molecular weight excluding hydrogens is 438 g/mol. The standard InChI is InChI=1S/C22H22ClN3O4S/c1-13(20(27)24-2)31-22-25-18(11-14-5-8-16(29-3)9-6-14)21(28)26(22)15-7-10-17(23)19(12-15)30-4/h5-13H,1-4H3,(H,24,27)/b18-11-. The third-order valence-electron chi connectivity index (χ3n) is 4.54. The Hall–Kier alpha value is -2.97. The molecule has 0 spiro atoms. The van der Waals surface area contributed by atoms with Gasteiger partial charge in [-0.3, -0.25) is 14.5 Å². The largest absolute Gasteiger partial charge is 0.497 e. The number of rotatable bonds is 6. The number of methoxy groups -OCH3 is 2. The van der Waals surface area contributed by atoms with Crippen molar-refractivity contribution in [3.8, 4) is 11.5 Å². The van der Waals surface area contributed by atoms with Crippen LogP contribution in [0.5, 0.6) is 11.5 Å². The Balaban J connectivity index is 2.01. The van der Waals surface area contributed by atoms with Gasteiger partial charge in [0.15, 0.2) is 5.17 Å². The average Bonchev–Trinajstić information content (AvgIpc) is 3.08. The van der Waals surface area contributed by atoms with Gasteiger partial charge in [-0.1, -0.05) is 35.5 Å². The van der Waals surface area contributed by atoms with Crippen molar-refractivity contribution in [3.05, 3.63) is 58.7 Å². The lowest BCUT2D eigenvalue weighted by Gasteiger charge is -2.20. The van der Waals surface area contributed by atoms with E-state index in [4.69, 9.17) is 21.1 Å². The third-order valence-corrected chi connectivity index (χ3v) is 5.90. The van der Waals surface area contributed by atoms with Crippen LogP contribution in [0.2, 0.25) is 5.02 Å². The zero-order chi connectivity index (χ0) is 22.5. The molecule has 1 unspecified atom stereocenters. The summed E-state index contributed by atoms with van der Waals surface area (Å²) in [4.78, 5) is 31.3. The van der Waals surface area contributed by atoms with Crippen molar-refractivity contribution < 1.29 is 19.1 Å². The molecule has 7 nitrogen and oxygen atoms in total. The fraction of sp³-hybridized carbons (Fsp3) is 0.227. The molecule has 1 heterocycles. The zero-order valence-electron chi connectivity index (χ0n) is 17.5. The Morgan fingerprint density at radius 2 is 1.90 bits per heavy atom. The molecule has 1 aliphatic heterocycles. The summed E-state index contributed by atoms with van der Waals surface area (Å²) in [5.74, 6) is 0.672. The van der Waals surface area contributed by atoms with Gasteiger partial charge < -0.3 is 14.8 Å². The van der Waals surface area contributed by atoms with E-state index in [1.165, 1.54) is 23.8 Å². The van der Waals surface area contributed by atoms with Crippen LogP contribution in [-0.2, 0) is 9.59 Å². The summed E-state index contributed by atoms with van der Waals surface area (Å²) in [5, 5.41) is 2.98. The van der Waals surface area contributed by atoms with E-state index < -0.39 is 5.25 Å². The number of hydrogen-bond acceptors (Lipinski definition) is 6. The minimum Gasteiger partial charge on any atom is -0.497 e. The second-order valence-electron chi connectivity index (χ2n) is 6.53. The monoisotopic (exact) mass is 459 g/mol. The Morgan fingerprint density at radius 3 is 2.52 bits per heavy atom. The highest BCUT2D eigenvalue weighted by Gasteiger charge is 2.34. The predicted molar refractivity (Wildman–Crippen MR) is 125 cm³/mol. The van der Waals surface area contributed by atoms with Gasteiger partial charge in [0.05, 0.1) is 30.2 Å². The Bertz CT molecular complexity index is 1050. The van der Waals surface area contributed by atoms with Crippen LogP contribution in [0.4, 0.5) is 5.69 Å². The van der Waals surface area contributed by atoms with Gasteiger partial charge in [-0.15, -0.1) is 0 Å². The SMILES string of the molecule is CNC(=O)C(C)SC1=N/C(=C\c2ccc(OC)cc2)C(=O)N1c1ccc(Cl)c(OC)c1. The molecular formula is C22H22ClN3O4S. The van der Waals surface area contributed by atoms with Gasteiger partial charge in [0, 0.05) is 13.1 Å². The lowest BCUT2D eigenvalue weighted by molar-refractivity contribution is -0.119. The molecule has 31 heavy (non-hydrogen) atoms. The smallest absolute Gasteiger partial charge is 0.283 e. The summed E-state index contributed by atoms with van der Waals surface area (Å²) in [7, 11) is 4.66. The Kier molecular flexibility index (Phi) is 7.25. The molecule has 0 saturated heterocycles. The molecule has 3 rings (SSSR count). The first kappa shape index (κ1) is 22.7. The summed E-state index contributed by atoms with van der Waals surface area (Å²) < 4.78 is 10.5. The first-order valence-electron chi connectivity index (χ1n) is 9.38. The van der Waals surface area contributed by atoms with Crippen LogP contribution in [0, 0.1) is 0 Å². The van der Waals surface area contributed by atoms with Gasteiger partial charge in [0.1, 0.15) is 17.2 Å². The summed E-state index contributed by atoms with van der Waals surface area (Å²) in [5.41, 5.74) is 1.59. The van der Waals surface area contributed by atoms with Crippen LogP contribution >= 0.6 is 23.4 Å². The number of amidine groups is 1. The number of aliphatic imine (C=N–C) groups is 1. The van der Waals surface area contributed by atoms with E-state index in [0.29, 0.717) is 27.4 Å². The van der Waals surface area contributed by atoms with E-state index in [9.17, 15) is 9.59 Å². The number of anilines is 1. The maximum absolute atomic E-state index is 13.3. The van der Waals surface area contributed by atoms with E-state index >= 15 is 0 Å². The number of benzene rings is 2. The van der Waals surface area contributed by atoms with Crippen molar-refractivity contribution in [1.29, 1.82) is 0 Å². The molecule has 0 aliphatic carbocycles. The fourth-order valence-electron chi connectivity index (χ4n) is 2.86. The number of nitrogens with zero attached hydrogens (tertiary/aromatic N) is 2. The molecule has 1 N–H and O–H groups in total. The van der Waals surface area contributed by atoms with E-state index in [2.05, 4.69) is 10.3 Å². The molecule has 162 valence electrons. The Morgan fingerprint density at radius 1 is 1.19 bits per heavy atom. The molecule has 2 amide bonds. The summed E-state index contributed by atoms with van der Waals surface area (Å²) in [6.07, 6.45) is 1.69. The van der Waals surface area contributed by atoms with Gasteiger partial charge in [0.2, 0.25) is 5.91 Å². The van der Waals surface area contributed by atoms with Gasteiger partial charge in [0.25, 0.3) is 5.91 Å². The highest BCUT2D eigenvalue weighted by molar-refractivity contribution is 8.15. The predicted octanol–water partition coefficient (Wildman–Crippen LogP) is 3.97. The van der Waals surface area contributed by atoms with Crippen LogP contribution in [-0.4, -0.2) is 43.5 Å². The topological polar surface area (TPSA) is 80.2 Å².